The van der Waals surface area contributed by atoms with Gasteiger partial charge >= 0.3 is 5.97 Å². The lowest BCUT2D eigenvalue weighted by Gasteiger charge is -2.03. The maximum absolute atomic E-state index is 11.5. The zero-order valence-corrected chi connectivity index (χ0v) is 10.0. The number of aromatic nitrogens is 2. The van der Waals surface area contributed by atoms with Crippen molar-refractivity contribution < 1.29 is 14.7 Å². The second-order valence-corrected chi connectivity index (χ2v) is 4.27. The highest BCUT2D eigenvalue weighted by atomic mass is 16.4. The molecular formula is C12H13N3O3. The number of anilines is 1. The van der Waals surface area contributed by atoms with Crippen LogP contribution in [0.1, 0.15) is 24.2 Å². The maximum Gasteiger partial charge on any atom is 0.335 e. The number of carbonyl (C=O) groups is 2. The Bertz CT molecular complexity index is 616. The fourth-order valence-corrected chi connectivity index (χ4v) is 1.46. The Morgan fingerprint density at radius 2 is 2.11 bits per heavy atom. The molecule has 0 saturated carbocycles. The summed E-state index contributed by atoms with van der Waals surface area (Å²) in [6.07, 6.45) is 0. The third kappa shape index (κ3) is 2.32. The smallest absolute Gasteiger partial charge is 0.335 e. The van der Waals surface area contributed by atoms with Gasteiger partial charge in [0, 0.05) is 5.92 Å². The Labute approximate surface area is 103 Å². The summed E-state index contributed by atoms with van der Waals surface area (Å²) in [4.78, 5) is 29.3. The van der Waals surface area contributed by atoms with Crippen molar-refractivity contribution in [1.82, 2.24) is 9.97 Å². The number of benzene rings is 1. The first-order valence-electron chi connectivity index (χ1n) is 5.51. The molecule has 2 aromatic rings. The fraction of sp³-hybridized carbons (Fsp3) is 0.250. The van der Waals surface area contributed by atoms with Crippen molar-refractivity contribution in [2.45, 2.75) is 13.8 Å². The molecule has 0 fully saturated rings. The first-order chi connectivity index (χ1) is 8.47. The highest BCUT2D eigenvalue weighted by molar-refractivity contribution is 5.95. The Hall–Kier alpha value is -2.37. The molecule has 0 aliphatic heterocycles. The minimum Gasteiger partial charge on any atom is -0.478 e. The van der Waals surface area contributed by atoms with Gasteiger partial charge < -0.3 is 10.1 Å². The summed E-state index contributed by atoms with van der Waals surface area (Å²) in [5.41, 5.74) is 1.36. The van der Waals surface area contributed by atoms with E-state index in [1.54, 1.807) is 19.9 Å². The number of fused-ring (bicyclic) bond motifs is 1. The lowest BCUT2D eigenvalue weighted by atomic mass is 10.2. The molecule has 1 aromatic heterocycles. The van der Waals surface area contributed by atoms with Crippen LogP contribution in [-0.4, -0.2) is 27.0 Å². The molecule has 1 heterocycles. The van der Waals surface area contributed by atoms with Crippen molar-refractivity contribution in [2.24, 2.45) is 5.92 Å². The second-order valence-electron chi connectivity index (χ2n) is 4.27. The van der Waals surface area contributed by atoms with Gasteiger partial charge in [-0.05, 0) is 18.2 Å². The van der Waals surface area contributed by atoms with Crippen molar-refractivity contribution in [3.05, 3.63) is 23.8 Å². The molecule has 94 valence electrons. The zero-order valence-electron chi connectivity index (χ0n) is 10.0. The predicted molar refractivity (Wildman–Crippen MR) is 66.5 cm³/mol. The van der Waals surface area contributed by atoms with Crippen LogP contribution in [0, 0.1) is 5.92 Å². The molecule has 3 N–H and O–H groups in total. The largest absolute Gasteiger partial charge is 0.478 e. The normalized spacial score (nSPS) is 10.8. The summed E-state index contributed by atoms with van der Waals surface area (Å²) in [7, 11) is 0. The van der Waals surface area contributed by atoms with E-state index in [0.29, 0.717) is 17.0 Å². The molecule has 0 atom stereocenters. The Kier molecular flexibility index (Phi) is 3.01. The van der Waals surface area contributed by atoms with Crippen LogP contribution in [-0.2, 0) is 4.79 Å². The number of nitrogens with zero attached hydrogens (tertiary/aromatic N) is 1. The first-order valence-corrected chi connectivity index (χ1v) is 5.51. The van der Waals surface area contributed by atoms with E-state index in [2.05, 4.69) is 15.3 Å². The van der Waals surface area contributed by atoms with E-state index in [9.17, 15) is 9.59 Å². The molecule has 1 amide bonds. The van der Waals surface area contributed by atoms with E-state index in [-0.39, 0.29) is 17.4 Å². The average Bonchev–Trinajstić information content (AvgIpc) is 2.69. The van der Waals surface area contributed by atoms with Gasteiger partial charge in [-0.25, -0.2) is 9.78 Å². The number of amides is 1. The number of carboxylic acid groups (broad SMARTS) is 1. The zero-order chi connectivity index (χ0) is 13.3. The van der Waals surface area contributed by atoms with Gasteiger partial charge in [0.2, 0.25) is 11.9 Å². The number of imidazole rings is 1. The molecule has 1 aromatic carbocycles. The average molecular weight is 247 g/mol. The van der Waals surface area contributed by atoms with Gasteiger partial charge in [-0.2, -0.15) is 0 Å². The Morgan fingerprint density at radius 3 is 2.72 bits per heavy atom. The summed E-state index contributed by atoms with van der Waals surface area (Å²) in [6, 6.07) is 4.55. The lowest BCUT2D eigenvalue weighted by molar-refractivity contribution is -0.118. The van der Waals surface area contributed by atoms with Crippen LogP contribution in [0.2, 0.25) is 0 Å². The number of rotatable bonds is 3. The molecule has 0 spiro atoms. The van der Waals surface area contributed by atoms with E-state index < -0.39 is 5.97 Å². The van der Waals surface area contributed by atoms with Crippen LogP contribution < -0.4 is 5.32 Å². The van der Waals surface area contributed by atoms with Crippen molar-refractivity contribution in [3.8, 4) is 0 Å². The molecule has 6 nitrogen and oxygen atoms in total. The van der Waals surface area contributed by atoms with Crippen LogP contribution in [0.3, 0.4) is 0 Å². The highest BCUT2D eigenvalue weighted by Gasteiger charge is 2.11. The molecule has 0 aliphatic carbocycles. The van der Waals surface area contributed by atoms with Gasteiger partial charge in [0.15, 0.2) is 0 Å². The minimum atomic E-state index is -1.00. The Morgan fingerprint density at radius 1 is 1.39 bits per heavy atom. The third-order valence-corrected chi connectivity index (χ3v) is 2.49. The summed E-state index contributed by atoms with van der Waals surface area (Å²) >= 11 is 0. The monoisotopic (exact) mass is 247 g/mol. The molecule has 0 saturated heterocycles. The van der Waals surface area contributed by atoms with Gasteiger partial charge in [-0.15, -0.1) is 0 Å². The predicted octanol–water partition coefficient (Wildman–Crippen LogP) is 1.86. The summed E-state index contributed by atoms with van der Waals surface area (Å²) in [6.45, 7) is 3.56. The standard InChI is InChI=1S/C12H13N3O3/c1-6(2)10(16)15-12-13-8-4-3-7(11(17)18)5-9(8)14-12/h3-6H,1-2H3,(H,17,18)(H2,13,14,15,16). The van der Waals surface area contributed by atoms with Gasteiger partial charge in [0.25, 0.3) is 0 Å². The van der Waals surface area contributed by atoms with E-state index >= 15 is 0 Å². The van der Waals surface area contributed by atoms with Gasteiger partial charge in [0.05, 0.1) is 16.6 Å². The van der Waals surface area contributed by atoms with Crippen molar-refractivity contribution in [1.29, 1.82) is 0 Å². The van der Waals surface area contributed by atoms with Crippen LogP contribution in [0.4, 0.5) is 5.95 Å². The summed E-state index contributed by atoms with van der Waals surface area (Å²) in [5, 5.41) is 11.5. The van der Waals surface area contributed by atoms with Crippen LogP contribution in [0.25, 0.3) is 11.0 Å². The molecule has 0 radical (unpaired) electrons. The number of carbonyl (C=O) groups excluding carboxylic acids is 1. The molecule has 0 aliphatic rings. The first kappa shape index (κ1) is 12.1. The maximum atomic E-state index is 11.5. The Balaban J connectivity index is 2.33. The number of H-pyrrole nitrogens is 1. The molecular weight excluding hydrogens is 234 g/mol. The summed E-state index contributed by atoms with van der Waals surface area (Å²) in [5.74, 6) is -0.967. The SMILES string of the molecule is CC(C)C(=O)Nc1nc2ccc(C(=O)O)cc2[nH]1. The number of aromatic carboxylic acids is 1. The number of aromatic amines is 1. The van der Waals surface area contributed by atoms with E-state index in [4.69, 9.17) is 5.11 Å². The molecule has 18 heavy (non-hydrogen) atoms. The number of nitrogens with one attached hydrogen (secondary N) is 2. The van der Waals surface area contributed by atoms with Crippen LogP contribution >= 0.6 is 0 Å². The number of hydrogen-bond acceptors (Lipinski definition) is 3. The van der Waals surface area contributed by atoms with Gasteiger partial charge in [-0.1, -0.05) is 13.8 Å². The quantitative estimate of drug-likeness (QED) is 0.771. The molecule has 6 heteroatoms. The molecule has 0 bridgehead atoms. The number of hydrogen-bond donors (Lipinski definition) is 3. The fourth-order valence-electron chi connectivity index (χ4n) is 1.46. The minimum absolute atomic E-state index is 0.146. The van der Waals surface area contributed by atoms with Crippen molar-refractivity contribution in [2.75, 3.05) is 5.32 Å². The van der Waals surface area contributed by atoms with E-state index in [1.807, 2.05) is 0 Å². The van der Waals surface area contributed by atoms with Crippen molar-refractivity contribution >= 4 is 28.9 Å². The van der Waals surface area contributed by atoms with Crippen LogP contribution in [0.5, 0.6) is 0 Å². The van der Waals surface area contributed by atoms with Gasteiger partial charge in [-0.3, -0.25) is 10.1 Å². The highest BCUT2D eigenvalue weighted by Crippen LogP contribution is 2.16. The van der Waals surface area contributed by atoms with Crippen molar-refractivity contribution in [3.63, 3.8) is 0 Å². The molecule has 2 rings (SSSR count). The van der Waals surface area contributed by atoms with E-state index in [1.165, 1.54) is 12.1 Å². The van der Waals surface area contributed by atoms with Crippen LogP contribution in [0.15, 0.2) is 18.2 Å². The molecule has 0 unspecified atom stereocenters. The second kappa shape index (κ2) is 4.48. The lowest BCUT2D eigenvalue weighted by Crippen LogP contribution is -2.18. The third-order valence-electron chi connectivity index (χ3n) is 2.49. The topological polar surface area (TPSA) is 95.1 Å². The summed E-state index contributed by atoms with van der Waals surface area (Å²) < 4.78 is 0. The number of carboxylic acids is 1. The van der Waals surface area contributed by atoms with Gasteiger partial charge in [0.1, 0.15) is 0 Å². The van der Waals surface area contributed by atoms with E-state index in [0.717, 1.165) is 0 Å².